The summed E-state index contributed by atoms with van der Waals surface area (Å²) in [6, 6.07) is 15.0. The van der Waals surface area contributed by atoms with E-state index >= 15 is 0 Å². The Labute approximate surface area is 350 Å². The molecule has 57 heavy (non-hydrogen) atoms. The molecule has 292 valence electrons. The SMILES string of the molecule is Clc1ccc(-c2coc3ncnc(Cl)c23)cc1.Clc1ccc(-c2coc3ncnc(Sc4nnc(CN5CCCC5)o4)c23)cc1.S=c1[nH]nc(CN2CCCC2)o1. The predicted molar refractivity (Wildman–Crippen MR) is 219 cm³/mol. The molecule has 2 aromatic carbocycles. The normalized spacial score (nSPS) is 14.5. The van der Waals surface area contributed by atoms with Gasteiger partial charge in [0.15, 0.2) is 0 Å². The number of fused-ring (bicyclic) bond motifs is 2. The van der Waals surface area contributed by atoms with Crippen molar-refractivity contribution in [1.29, 1.82) is 0 Å². The zero-order valence-electron chi connectivity index (χ0n) is 30.1. The highest BCUT2D eigenvalue weighted by atomic mass is 35.5. The van der Waals surface area contributed by atoms with Crippen LogP contribution in [0.3, 0.4) is 0 Å². The van der Waals surface area contributed by atoms with E-state index in [-0.39, 0.29) is 0 Å². The molecule has 1 N–H and O–H groups in total. The van der Waals surface area contributed by atoms with Gasteiger partial charge in [0.1, 0.15) is 35.4 Å². The lowest BCUT2D eigenvalue weighted by molar-refractivity contribution is 0.278. The van der Waals surface area contributed by atoms with E-state index in [1.54, 1.807) is 12.5 Å². The minimum absolute atomic E-state index is 0.365. The van der Waals surface area contributed by atoms with Crippen LogP contribution in [0.1, 0.15) is 37.5 Å². The Balaban J connectivity index is 0.000000133. The fourth-order valence-corrected chi connectivity index (χ4v) is 7.87. The Kier molecular flexibility index (Phi) is 12.6. The van der Waals surface area contributed by atoms with Crippen molar-refractivity contribution >= 4 is 81.0 Å². The predicted octanol–water partition coefficient (Wildman–Crippen LogP) is 10.2. The highest BCUT2D eigenvalue weighted by Gasteiger charge is 2.20. The van der Waals surface area contributed by atoms with Crippen LogP contribution in [0.2, 0.25) is 15.2 Å². The van der Waals surface area contributed by atoms with E-state index in [9.17, 15) is 0 Å². The first-order chi connectivity index (χ1) is 27.9. The zero-order valence-corrected chi connectivity index (χ0v) is 34.0. The Morgan fingerprint density at radius 1 is 0.649 bits per heavy atom. The van der Waals surface area contributed by atoms with E-state index in [0.29, 0.717) is 60.0 Å². The highest BCUT2D eigenvalue weighted by Crippen LogP contribution is 2.38. The van der Waals surface area contributed by atoms with E-state index in [1.807, 2.05) is 48.5 Å². The number of aromatic amines is 1. The first-order valence-corrected chi connectivity index (χ1v) is 20.3. The lowest BCUT2D eigenvalue weighted by Crippen LogP contribution is -2.18. The monoisotopic (exact) mass is 862 g/mol. The van der Waals surface area contributed by atoms with Crippen LogP contribution in [0.25, 0.3) is 44.5 Å². The fourth-order valence-electron chi connectivity index (χ4n) is 6.47. The summed E-state index contributed by atoms with van der Waals surface area (Å²) in [6.45, 7) is 5.93. The van der Waals surface area contributed by atoms with Crippen molar-refractivity contribution in [3.8, 4) is 22.3 Å². The maximum Gasteiger partial charge on any atom is 0.284 e. The van der Waals surface area contributed by atoms with E-state index in [2.05, 4.69) is 50.1 Å². The van der Waals surface area contributed by atoms with E-state index < -0.39 is 0 Å². The maximum atomic E-state index is 6.05. The van der Waals surface area contributed by atoms with Crippen molar-refractivity contribution in [3.63, 3.8) is 0 Å². The molecule has 0 radical (unpaired) electrons. The number of hydrogen-bond acceptors (Lipinski definition) is 15. The Morgan fingerprint density at radius 3 is 1.77 bits per heavy atom. The first kappa shape index (κ1) is 39.2. The van der Waals surface area contributed by atoms with Gasteiger partial charge in [-0.3, -0.25) is 9.80 Å². The fraction of sp³-hybridized carbons (Fsp3) is 0.263. The smallest absolute Gasteiger partial charge is 0.284 e. The number of H-pyrrole nitrogens is 1. The Bertz CT molecular complexity index is 2620. The molecule has 10 rings (SSSR count). The molecule has 0 saturated carbocycles. The van der Waals surface area contributed by atoms with E-state index in [4.69, 9.17) is 64.7 Å². The molecule has 19 heteroatoms. The number of hydrogen-bond donors (Lipinski definition) is 1. The number of aromatic nitrogens is 8. The Morgan fingerprint density at radius 2 is 1.19 bits per heavy atom. The average Bonchev–Trinajstić information content (AvgIpc) is 4.08. The molecule has 0 atom stereocenters. The summed E-state index contributed by atoms with van der Waals surface area (Å²) in [5.74, 6) is 1.32. The van der Waals surface area contributed by atoms with Gasteiger partial charge in [0.2, 0.25) is 23.2 Å². The van der Waals surface area contributed by atoms with Crippen LogP contribution in [0.5, 0.6) is 0 Å². The number of benzene rings is 2. The molecule has 0 amide bonds. The van der Waals surface area contributed by atoms with Gasteiger partial charge in [0.05, 0.1) is 23.9 Å². The zero-order chi connectivity index (χ0) is 39.1. The van der Waals surface area contributed by atoms with Gasteiger partial charge in [0, 0.05) is 21.2 Å². The molecule has 0 bridgehead atoms. The Hall–Kier alpha value is -4.68. The molecular formula is C38H33Cl3N10O4S2. The topological polar surface area (TPSA) is 165 Å². The largest absolute Gasteiger partial charge is 0.445 e. The second kappa shape index (κ2) is 18.3. The van der Waals surface area contributed by atoms with Gasteiger partial charge in [0.25, 0.3) is 10.1 Å². The van der Waals surface area contributed by atoms with Crippen LogP contribution in [-0.2, 0) is 13.1 Å². The average molecular weight is 864 g/mol. The van der Waals surface area contributed by atoms with Crippen LogP contribution in [0.4, 0.5) is 0 Å². The number of nitrogens with zero attached hydrogens (tertiary/aromatic N) is 9. The van der Waals surface area contributed by atoms with Crippen LogP contribution < -0.4 is 0 Å². The second-order valence-corrected chi connectivity index (χ2v) is 15.6. The summed E-state index contributed by atoms with van der Waals surface area (Å²) < 4.78 is 22.0. The van der Waals surface area contributed by atoms with Crippen LogP contribution in [0, 0.1) is 4.84 Å². The standard InChI is InChI=1S/C19H16ClN5O2S.C12H6Cl2N2O.C7H11N3OS/c20-13-5-3-12(4-6-13)14-10-26-17-16(14)18(22-11-21-17)28-19-24-23-15(27-19)9-25-7-1-2-8-25;13-8-3-1-7(2-4-8)9-5-17-12-10(9)11(14)15-6-16-12;12-7-9-8-6(11-7)5-10-3-1-2-4-10/h3-6,10-11H,1-2,7-9H2;1-6H;1-5H2,(H,9,12). The third kappa shape index (κ3) is 9.72. The van der Waals surface area contributed by atoms with Crippen molar-refractivity contribution in [2.45, 2.75) is 49.0 Å². The molecule has 2 fully saturated rings. The summed E-state index contributed by atoms with van der Waals surface area (Å²) in [7, 11) is 0. The van der Waals surface area contributed by atoms with Gasteiger partial charge in [-0.15, -0.1) is 15.3 Å². The van der Waals surface area contributed by atoms with E-state index in [0.717, 1.165) is 65.8 Å². The van der Waals surface area contributed by atoms with Crippen molar-refractivity contribution in [2.24, 2.45) is 0 Å². The van der Waals surface area contributed by atoms with Gasteiger partial charge in [-0.1, -0.05) is 59.1 Å². The van der Waals surface area contributed by atoms with Gasteiger partial charge in [-0.2, -0.15) is 0 Å². The molecule has 2 saturated heterocycles. The summed E-state index contributed by atoms with van der Waals surface area (Å²) in [4.78, 5) is 21.6. The third-order valence-corrected chi connectivity index (χ3v) is 11.0. The molecule has 14 nitrogen and oxygen atoms in total. The molecule has 8 heterocycles. The van der Waals surface area contributed by atoms with Crippen molar-refractivity contribution < 1.29 is 17.7 Å². The van der Waals surface area contributed by atoms with Crippen molar-refractivity contribution in [1.82, 2.24) is 50.1 Å². The maximum absolute atomic E-state index is 6.05. The molecular weight excluding hydrogens is 831 g/mol. The summed E-state index contributed by atoms with van der Waals surface area (Å²) in [5.41, 5.74) is 4.69. The molecule has 0 unspecified atom stereocenters. The van der Waals surface area contributed by atoms with Crippen LogP contribution in [0.15, 0.2) is 102 Å². The van der Waals surface area contributed by atoms with Crippen LogP contribution >= 0.6 is 58.8 Å². The number of nitrogens with one attached hydrogen (secondary N) is 1. The third-order valence-electron chi connectivity index (χ3n) is 9.20. The number of rotatable bonds is 8. The van der Waals surface area contributed by atoms with Crippen LogP contribution in [-0.4, -0.2) is 76.3 Å². The summed E-state index contributed by atoms with van der Waals surface area (Å²) >= 11 is 24.0. The molecule has 6 aromatic heterocycles. The summed E-state index contributed by atoms with van der Waals surface area (Å²) in [5, 5.41) is 19.3. The number of likely N-dealkylation sites (tertiary alicyclic amines) is 2. The van der Waals surface area contributed by atoms with Gasteiger partial charge in [-0.25, -0.2) is 25.0 Å². The molecule has 2 aliphatic heterocycles. The quantitative estimate of drug-likeness (QED) is 0.113. The number of halogens is 3. The first-order valence-electron chi connectivity index (χ1n) is 18.0. The van der Waals surface area contributed by atoms with Crippen molar-refractivity contribution in [3.05, 3.63) is 106 Å². The lowest BCUT2D eigenvalue weighted by atomic mass is 10.1. The number of furan rings is 2. The molecule has 8 aromatic rings. The minimum Gasteiger partial charge on any atom is -0.445 e. The van der Waals surface area contributed by atoms with Gasteiger partial charge in [-0.05, 0) is 111 Å². The van der Waals surface area contributed by atoms with E-state index in [1.165, 1.54) is 50.1 Å². The molecule has 0 aliphatic carbocycles. The van der Waals surface area contributed by atoms with Crippen molar-refractivity contribution in [2.75, 3.05) is 26.2 Å². The minimum atomic E-state index is 0.365. The van der Waals surface area contributed by atoms with Gasteiger partial charge >= 0.3 is 0 Å². The second-order valence-electron chi connectivity index (χ2n) is 13.1. The molecule has 2 aliphatic rings. The lowest BCUT2D eigenvalue weighted by Gasteiger charge is -2.10. The molecule has 0 spiro atoms. The summed E-state index contributed by atoms with van der Waals surface area (Å²) in [6.07, 6.45) is 11.2. The highest BCUT2D eigenvalue weighted by molar-refractivity contribution is 7.99. The van der Waals surface area contributed by atoms with Gasteiger partial charge < -0.3 is 17.7 Å².